The molecule has 12 heteroatoms. The number of benzene rings is 1. The Balaban J connectivity index is 1.75. The summed E-state index contributed by atoms with van der Waals surface area (Å²) < 4.78 is 74.5. The van der Waals surface area contributed by atoms with Crippen LogP contribution in [0.2, 0.25) is 0 Å². The highest BCUT2D eigenvalue weighted by Crippen LogP contribution is 2.32. The molecule has 3 heterocycles. The topological polar surface area (TPSA) is 110 Å². The molecule has 0 bridgehead atoms. The molecule has 8 nitrogen and oxygen atoms in total. The third kappa shape index (κ3) is 4.48. The monoisotopic (exact) mass is 481 g/mol. The van der Waals surface area contributed by atoms with E-state index in [2.05, 4.69) is 9.97 Å². The molecule has 33 heavy (non-hydrogen) atoms. The van der Waals surface area contributed by atoms with Crippen molar-refractivity contribution in [3.05, 3.63) is 47.5 Å². The third-order valence-corrected chi connectivity index (χ3v) is 7.04. The van der Waals surface area contributed by atoms with Crippen LogP contribution in [0.5, 0.6) is 5.88 Å². The summed E-state index contributed by atoms with van der Waals surface area (Å²) in [5.74, 6) is -3.55. The standard InChI is InChI=1S/C21H18F3N3O5S/c1-11-6-17(25-21-14(11)2-3-18(26-21)32-10-19(28)29)20-15(23)7-13(8-16(20)24)33(30,31)27-5-4-12(22)9-27/h2-3,6-8,12H,4-5,9-10H2,1H3,(H,28,29)/t12-/m0/s1. The number of carbonyl (C=O) groups is 1. The fourth-order valence-corrected chi connectivity index (χ4v) is 5.10. The van der Waals surface area contributed by atoms with E-state index in [1.165, 1.54) is 12.1 Å². The van der Waals surface area contributed by atoms with Gasteiger partial charge in [0.2, 0.25) is 15.9 Å². The lowest BCUT2D eigenvalue weighted by atomic mass is 10.1. The van der Waals surface area contributed by atoms with Gasteiger partial charge in [-0.3, -0.25) is 0 Å². The van der Waals surface area contributed by atoms with Gasteiger partial charge >= 0.3 is 5.97 Å². The lowest BCUT2D eigenvalue weighted by Crippen LogP contribution is -2.29. The molecule has 1 fully saturated rings. The number of carboxylic acid groups (broad SMARTS) is 1. The maximum atomic E-state index is 15.0. The summed E-state index contributed by atoms with van der Waals surface area (Å²) in [6, 6.07) is 5.81. The van der Waals surface area contributed by atoms with Crippen LogP contribution in [0.3, 0.4) is 0 Å². The normalized spacial score (nSPS) is 16.9. The van der Waals surface area contributed by atoms with Gasteiger partial charge in [0.15, 0.2) is 12.3 Å². The van der Waals surface area contributed by atoms with Crippen LogP contribution in [0, 0.1) is 18.6 Å². The zero-order valence-corrected chi connectivity index (χ0v) is 18.1. The average molecular weight is 481 g/mol. The Morgan fingerprint density at radius 3 is 2.52 bits per heavy atom. The Labute approximate surface area is 186 Å². The van der Waals surface area contributed by atoms with E-state index in [0.29, 0.717) is 23.1 Å². The van der Waals surface area contributed by atoms with Gasteiger partial charge in [0.1, 0.15) is 17.8 Å². The predicted octanol–water partition coefficient (Wildman–Crippen LogP) is 3.08. The number of fused-ring (bicyclic) bond motifs is 1. The van der Waals surface area contributed by atoms with Gasteiger partial charge in [-0.15, -0.1) is 0 Å². The summed E-state index contributed by atoms with van der Waals surface area (Å²) in [5.41, 5.74) is -0.0440. The number of nitrogens with zero attached hydrogens (tertiary/aromatic N) is 3. The SMILES string of the molecule is Cc1cc(-c2c(F)cc(S(=O)(=O)N3CC[C@H](F)C3)cc2F)nc2nc(OCC(=O)O)ccc12. The molecule has 0 amide bonds. The molecule has 0 saturated carbocycles. The van der Waals surface area contributed by atoms with Gasteiger partial charge in [0, 0.05) is 24.5 Å². The molecule has 3 aromatic rings. The van der Waals surface area contributed by atoms with Crippen LogP contribution in [0.4, 0.5) is 13.2 Å². The minimum Gasteiger partial charge on any atom is -0.479 e. The van der Waals surface area contributed by atoms with Gasteiger partial charge in [-0.2, -0.15) is 9.29 Å². The summed E-state index contributed by atoms with van der Waals surface area (Å²) in [5, 5.41) is 9.28. The van der Waals surface area contributed by atoms with Crippen molar-refractivity contribution < 1.29 is 36.2 Å². The number of alkyl halides is 1. The predicted molar refractivity (Wildman–Crippen MR) is 111 cm³/mol. The van der Waals surface area contributed by atoms with Crippen molar-refractivity contribution in [2.45, 2.75) is 24.4 Å². The summed E-state index contributed by atoms with van der Waals surface area (Å²) >= 11 is 0. The number of halogens is 3. The van der Waals surface area contributed by atoms with Gasteiger partial charge in [0.05, 0.1) is 16.2 Å². The Morgan fingerprint density at radius 2 is 1.91 bits per heavy atom. The minimum atomic E-state index is -4.26. The van der Waals surface area contributed by atoms with E-state index >= 15 is 0 Å². The molecular weight excluding hydrogens is 463 g/mol. The van der Waals surface area contributed by atoms with Gasteiger partial charge in [0.25, 0.3) is 0 Å². The molecule has 4 rings (SSSR count). The number of aliphatic carboxylic acids is 1. The Kier molecular flexibility index (Phi) is 5.97. The summed E-state index contributed by atoms with van der Waals surface area (Å²) in [4.78, 5) is 18.3. The maximum Gasteiger partial charge on any atom is 0.341 e. The first-order valence-corrected chi connectivity index (χ1v) is 11.3. The van der Waals surface area contributed by atoms with E-state index in [-0.39, 0.29) is 36.7 Å². The van der Waals surface area contributed by atoms with E-state index < -0.39 is 50.9 Å². The molecule has 0 unspecified atom stereocenters. The number of hydrogen-bond acceptors (Lipinski definition) is 6. The number of hydrogen-bond donors (Lipinski definition) is 1. The fraction of sp³-hybridized carbons (Fsp3) is 0.286. The average Bonchev–Trinajstić information content (AvgIpc) is 3.18. The minimum absolute atomic E-state index is 0.0216. The lowest BCUT2D eigenvalue weighted by molar-refractivity contribution is -0.139. The van der Waals surface area contributed by atoms with E-state index in [9.17, 15) is 26.4 Å². The molecule has 1 aliphatic heterocycles. The van der Waals surface area contributed by atoms with Crippen molar-refractivity contribution in [1.82, 2.24) is 14.3 Å². The highest BCUT2D eigenvalue weighted by atomic mass is 32.2. The number of rotatable bonds is 6. The molecule has 174 valence electrons. The van der Waals surface area contributed by atoms with Crippen LogP contribution in [0.25, 0.3) is 22.3 Å². The molecule has 1 N–H and O–H groups in total. The largest absolute Gasteiger partial charge is 0.479 e. The van der Waals surface area contributed by atoms with Crippen LogP contribution < -0.4 is 4.74 Å². The van der Waals surface area contributed by atoms with Gasteiger partial charge < -0.3 is 9.84 Å². The Morgan fingerprint density at radius 1 is 1.21 bits per heavy atom. The van der Waals surface area contributed by atoms with Gasteiger partial charge in [-0.05, 0) is 43.2 Å². The van der Waals surface area contributed by atoms with Crippen LogP contribution in [0.1, 0.15) is 12.0 Å². The molecule has 1 aliphatic rings. The second kappa shape index (κ2) is 8.60. The van der Waals surface area contributed by atoms with Crippen molar-refractivity contribution in [1.29, 1.82) is 0 Å². The van der Waals surface area contributed by atoms with Crippen molar-refractivity contribution in [3.63, 3.8) is 0 Å². The molecule has 1 atom stereocenters. The number of aryl methyl sites for hydroxylation is 1. The molecule has 2 aromatic heterocycles. The first-order valence-electron chi connectivity index (χ1n) is 9.83. The highest BCUT2D eigenvalue weighted by Gasteiger charge is 2.34. The third-order valence-electron chi connectivity index (χ3n) is 5.20. The first-order chi connectivity index (χ1) is 15.6. The van der Waals surface area contributed by atoms with Crippen molar-refractivity contribution in [2.24, 2.45) is 0 Å². The first kappa shape index (κ1) is 22.9. The second-order valence-electron chi connectivity index (χ2n) is 7.54. The van der Waals surface area contributed by atoms with Crippen LogP contribution >= 0.6 is 0 Å². The van der Waals surface area contributed by atoms with Crippen LogP contribution in [0.15, 0.2) is 35.2 Å². The van der Waals surface area contributed by atoms with Crippen LogP contribution in [-0.4, -0.2) is 59.6 Å². The van der Waals surface area contributed by atoms with Crippen molar-refractivity contribution in [2.75, 3.05) is 19.7 Å². The smallest absolute Gasteiger partial charge is 0.341 e. The summed E-state index contributed by atoms with van der Waals surface area (Å²) in [7, 11) is -4.26. The maximum absolute atomic E-state index is 15.0. The lowest BCUT2D eigenvalue weighted by Gasteiger charge is -2.16. The molecule has 1 saturated heterocycles. The van der Waals surface area contributed by atoms with Gasteiger partial charge in [-0.1, -0.05) is 0 Å². The molecule has 0 radical (unpaired) electrons. The summed E-state index contributed by atoms with van der Waals surface area (Å²) in [6.07, 6.45) is -1.30. The van der Waals surface area contributed by atoms with Crippen LogP contribution in [-0.2, 0) is 14.8 Å². The molecular formula is C21H18F3N3O5S. The van der Waals surface area contributed by atoms with Crippen molar-refractivity contribution in [3.8, 4) is 17.1 Å². The zero-order valence-electron chi connectivity index (χ0n) is 17.3. The number of aromatic nitrogens is 2. The second-order valence-corrected chi connectivity index (χ2v) is 9.48. The van der Waals surface area contributed by atoms with E-state index in [0.717, 1.165) is 4.31 Å². The van der Waals surface area contributed by atoms with Crippen molar-refractivity contribution >= 4 is 27.0 Å². The number of carboxylic acids is 1. The number of pyridine rings is 2. The zero-order chi connectivity index (χ0) is 23.9. The van der Waals surface area contributed by atoms with E-state index in [1.54, 1.807) is 13.0 Å². The quantitative estimate of drug-likeness (QED) is 0.576. The Bertz CT molecular complexity index is 1340. The molecule has 0 aliphatic carbocycles. The highest BCUT2D eigenvalue weighted by molar-refractivity contribution is 7.89. The molecule has 0 spiro atoms. The fourth-order valence-electron chi connectivity index (χ4n) is 3.60. The number of sulfonamides is 1. The molecule has 1 aromatic carbocycles. The van der Waals surface area contributed by atoms with Gasteiger partial charge in [-0.25, -0.2) is 31.4 Å². The van der Waals surface area contributed by atoms with E-state index in [4.69, 9.17) is 9.84 Å². The Hall–Kier alpha value is -3.25. The summed E-state index contributed by atoms with van der Waals surface area (Å²) in [6.45, 7) is 0.605. The van der Waals surface area contributed by atoms with E-state index in [1.807, 2.05) is 0 Å². The number of ether oxygens (including phenoxy) is 1.